The van der Waals surface area contributed by atoms with Gasteiger partial charge in [-0.3, -0.25) is 4.79 Å². The van der Waals surface area contributed by atoms with Crippen LogP contribution in [0, 0.1) is 0 Å². The molecule has 0 saturated heterocycles. The Hall–Kier alpha value is -1.05. The molecule has 0 saturated carbocycles. The van der Waals surface area contributed by atoms with Gasteiger partial charge in [-0.2, -0.15) is 0 Å². The normalized spacial score (nSPS) is 28.8. The van der Waals surface area contributed by atoms with E-state index in [1.54, 1.807) is 0 Å². The lowest BCUT2D eigenvalue weighted by molar-refractivity contribution is -0.116. The SMILES string of the molecule is CC1NC(=O)C2=C1CCC=C2. The van der Waals surface area contributed by atoms with Crippen molar-refractivity contribution in [2.75, 3.05) is 0 Å². The van der Waals surface area contributed by atoms with Crippen LogP contribution in [0.1, 0.15) is 19.8 Å². The summed E-state index contributed by atoms with van der Waals surface area (Å²) in [7, 11) is 0. The molecule has 11 heavy (non-hydrogen) atoms. The number of allylic oxidation sites excluding steroid dienone is 1. The molecule has 0 aromatic carbocycles. The lowest BCUT2D eigenvalue weighted by Gasteiger charge is -2.09. The average Bonchev–Trinajstić information content (AvgIpc) is 2.30. The minimum atomic E-state index is 0.100. The van der Waals surface area contributed by atoms with Gasteiger partial charge in [0, 0.05) is 11.6 Å². The lowest BCUT2D eigenvalue weighted by Crippen LogP contribution is -2.25. The highest BCUT2D eigenvalue weighted by Gasteiger charge is 2.27. The largest absolute Gasteiger partial charge is 0.346 e. The van der Waals surface area contributed by atoms with Crippen LogP contribution in [-0.2, 0) is 4.79 Å². The highest BCUT2D eigenvalue weighted by Crippen LogP contribution is 2.26. The predicted octanol–water partition coefficient (Wildman–Crippen LogP) is 1.15. The number of amides is 1. The van der Waals surface area contributed by atoms with Gasteiger partial charge in [0.25, 0.3) is 5.91 Å². The van der Waals surface area contributed by atoms with Crippen LogP contribution in [0.5, 0.6) is 0 Å². The average molecular weight is 149 g/mol. The van der Waals surface area contributed by atoms with Crippen LogP contribution in [0.3, 0.4) is 0 Å². The highest BCUT2D eigenvalue weighted by molar-refractivity contribution is 6.00. The van der Waals surface area contributed by atoms with Crippen molar-refractivity contribution in [3.8, 4) is 0 Å². The number of carbonyl (C=O) groups excluding carboxylic acids is 1. The summed E-state index contributed by atoms with van der Waals surface area (Å²) in [6, 6.07) is 0.266. The van der Waals surface area contributed by atoms with Crippen LogP contribution < -0.4 is 5.32 Å². The van der Waals surface area contributed by atoms with E-state index in [1.165, 1.54) is 5.57 Å². The molecule has 1 N–H and O–H groups in total. The molecule has 0 aromatic rings. The monoisotopic (exact) mass is 149 g/mol. The van der Waals surface area contributed by atoms with E-state index >= 15 is 0 Å². The summed E-state index contributed by atoms with van der Waals surface area (Å²) >= 11 is 0. The first kappa shape index (κ1) is 6.65. The third kappa shape index (κ3) is 0.897. The minimum Gasteiger partial charge on any atom is -0.346 e. The van der Waals surface area contributed by atoms with E-state index in [0.717, 1.165) is 18.4 Å². The molecule has 0 aromatic heterocycles. The Morgan fingerprint density at radius 2 is 2.45 bits per heavy atom. The lowest BCUT2D eigenvalue weighted by atomic mass is 9.96. The van der Waals surface area contributed by atoms with E-state index in [9.17, 15) is 4.79 Å². The van der Waals surface area contributed by atoms with E-state index in [1.807, 2.05) is 13.0 Å². The molecule has 0 radical (unpaired) electrons. The highest BCUT2D eigenvalue weighted by atomic mass is 16.2. The Labute approximate surface area is 66.0 Å². The van der Waals surface area contributed by atoms with Crippen LogP contribution in [0.25, 0.3) is 0 Å². The molecule has 0 spiro atoms. The van der Waals surface area contributed by atoms with Crippen LogP contribution in [-0.4, -0.2) is 11.9 Å². The Morgan fingerprint density at radius 1 is 1.64 bits per heavy atom. The maximum atomic E-state index is 11.2. The molecule has 2 aliphatic rings. The summed E-state index contributed by atoms with van der Waals surface area (Å²) in [5, 5.41) is 2.89. The van der Waals surface area contributed by atoms with Gasteiger partial charge in [-0.05, 0) is 25.3 Å². The van der Waals surface area contributed by atoms with Crippen molar-refractivity contribution in [1.82, 2.24) is 5.32 Å². The number of rotatable bonds is 0. The summed E-state index contributed by atoms with van der Waals surface area (Å²) in [5.74, 6) is 0.100. The second-order valence-corrected chi connectivity index (χ2v) is 3.08. The topological polar surface area (TPSA) is 29.1 Å². The van der Waals surface area contributed by atoms with Gasteiger partial charge in [0.15, 0.2) is 0 Å². The van der Waals surface area contributed by atoms with E-state index in [0.29, 0.717) is 0 Å². The van der Waals surface area contributed by atoms with Crippen molar-refractivity contribution < 1.29 is 4.79 Å². The van der Waals surface area contributed by atoms with E-state index in [-0.39, 0.29) is 11.9 Å². The summed E-state index contributed by atoms with van der Waals surface area (Å²) in [6.07, 6.45) is 6.14. The second-order valence-electron chi connectivity index (χ2n) is 3.08. The zero-order valence-corrected chi connectivity index (χ0v) is 6.55. The van der Waals surface area contributed by atoms with Crippen molar-refractivity contribution >= 4 is 5.91 Å². The standard InChI is InChI=1S/C9H11NO/c1-6-7-4-2-3-5-8(7)9(11)10-6/h3,5-6H,2,4H2,1H3,(H,10,11). The number of hydrogen-bond acceptors (Lipinski definition) is 1. The van der Waals surface area contributed by atoms with Gasteiger partial charge in [0.2, 0.25) is 0 Å². The van der Waals surface area contributed by atoms with Crippen LogP contribution in [0.2, 0.25) is 0 Å². The van der Waals surface area contributed by atoms with Gasteiger partial charge in [-0.15, -0.1) is 0 Å². The van der Waals surface area contributed by atoms with Gasteiger partial charge in [-0.25, -0.2) is 0 Å². The third-order valence-corrected chi connectivity index (χ3v) is 2.33. The van der Waals surface area contributed by atoms with E-state index in [2.05, 4.69) is 11.4 Å². The quantitative estimate of drug-likeness (QED) is 0.550. The molecular weight excluding hydrogens is 138 g/mol. The first-order valence-electron chi connectivity index (χ1n) is 3.99. The Bertz CT molecular complexity index is 263. The predicted molar refractivity (Wildman–Crippen MR) is 43.0 cm³/mol. The van der Waals surface area contributed by atoms with E-state index < -0.39 is 0 Å². The van der Waals surface area contributed by atoms with E-state index in [4.69, 9.17) is 0 Å². The molecule has 2 rings (SSSR count). The van der Waals surface area contributed by atoms with Crippen LogP contribution in [0.15, 0.2) is 23.3 Å². The maximum Gasteiger partial charge on any atom is 0.251 e. The summed E-state index contributed by atoms with van der Waals surface area (Å²) in [4.78, 5) is 11.2. The fraction of sp³-hybridized carbons (Fsp3) is 0.444. The smallest absolute Gasteiger partial charge is 0.251 e. The Kier molecular flexibility index (Phi) is 1.34. The molecule has 2 heteroatoms. The van der Waals surface area contributed by atoms with Crippen molar-refractivity contribution in [2.45, 2.75) is 25.8 Å². The molecule has 1 unspecified atom stereocenters. The van der Waals surface area contributed by atoms with Gasteiger partial charge < -0.3 is 5.32 Å². The van der Waals surface area contributed by atoms with Crippen LogP contribution in [0.4, 0.5) is 0 Å². The number of hydrogen-bond donors (Lipinski definition) is 1. The molecule has 1 atom stereocenters. The zero-order valence-electron chi connectivity index (χ0n) is 6.55. The third-order valence-electron chi connectivity index (χ3n) is 2.33. The van der Waals surface area contributed by atoms with Crippen molar-refractivity contribution in [2.24, 2.45) is 0 Å². The number of carbonyl (C=O) groups is 1. The van der Waals surface area contributed by atoms with Crippen molar-refractivity contribution in [1.29, 1.82) is 0 Å². The molecule has 1 aliphatic heterocycles. The van der Waals surface area contributed by atoms with Crippen molar-refractivity contribution in [3.63, 3.8) is 0 Å². The molecule has 1 amide bonds. The van der Waals surface area contributed by atoms with Gasteiger partial charge in [0.05, 0.1) is 0 Å². The van der Waals surface area contributed by atoms with Crippen LogP contribution >= 0.6 is 0 Å². The molecular formula is C9H11NO. The van der Waals surface area contributed by atoms with Crippen molar-refractivity contribution in [3.05, 3.63) is 23.3 Å². The maximum absolute atomic E-state index is 11.2. The second kappa shape index (κ2) is 2.22. The summed E-state index contributed by atoms with van der Waals surface area (Å²) in [6.45, 7) is 2.04. The van der Waals surface area contributed by atoms with Gasteiger partial charge >= 0.3 is 0 Å². The minimum absolute atomic E-state index is 0.100. The first-order valence-corrected chi connectivity index (χ1v) is 3.99. The Morgan fingerprint density at radius 3 is 3.18 bits per heavy atom. The molecule has 1 heterocycles. The van der Waals surface area contributed by atoms with Gasteiger partial charge in [0.1, 0.15) is 0 Å². The fourth-order valence-electron chi connectivity index (χ4n) is 1.71. The first-order chi connectivity index (χ1) is 5.29. The van der Waals surface area contributed by atoms with Gasteiger partial charge in [-0.1, -0.05) is 12.2 Å². The zero-order chi connectivity index (χ0) is 7.84. The summed E-state index contributed by atoms with van der Waals surface area (Å²) in [5.41, 5.74) is 2.20. The molecule has 0 bridgehead atoms. The molecule has 0 fully saturated rings. The molecule has 58 valence electrons. The Balaban J connectivity index is 2.41. The molecule has 1 aliphatic carbocycles. The number of nitrogens with one attached hydrogen (secondary N) is 1. The molecule has 2 nitrogen and oxygen atoms in total. The fourth-order valence-corrected chi connectivity index (χ4v) is 1.71. The summed E-state index contributed by atoms with van der Waals surface area (Å²) < 4.78 is 0.